The molecule has 7 nitrogen and oxygen atoms in total. The number of hydrogen-bond acceptors (Lipinski definition) is 5. The van der Waals surface area contributed by atoms with E-state index in [4.69, 9.17) is 15.9 Å². The van der Waals surface area contributed by atoms with Crippen LogP contribution in [-0.2, 0) is 11.2 Å². The van der Waals surface area contributed by atoms with Gasteiger partial charge < -0.3 is 15.9 Å². The standard InChI is InChI=1S/C9H10N2O5/c10-6(9(13)14)3-5-1-2-8(12)7(4-5)11(15)16/h1-2,4,6,12H,3,10H2,(H,13,14)/t6-/m0/s1/i1+1,2+1,4+1,5+1,7+1,8+1. The summed E-state index contributed by atoms with van der Waals surface area (Å²) in [6, 6.07) is 2.52. The highest BCUT2D eigenvalue weighted by molar-refractivity contribution is 5.73. The molecule has 0 saturated carbocycles. The topological polar surface area (TPSA) is 127 Å². The minimum atomic E-state index is -1.18. The summed E-state index contributed by atoms with van der Waals surface area (Å²) in [6.45, 7) is 0. The van der Waals surface area contributed by atoms with Crippen LogP contribution >= 0.6 is 0 Å². The number of aromatic hydroxyl groups is 1. The molecule has 0 saturated heterocycles. The average molecular weight is 232 g/mol. The van der Waals surface area contributed by atoms with E-state index in [2.05, 4.69) is 0 Å². The molecule has 0 heterocycles. The van der Waals surface area contributed by atoms with E-state index in [-0.39, 0.29) is 6.42 Å². The maximum absolute atomic E-state index is 10.5. The zero-order valence-corrected chi connectivity index (χ0v) is 8.16. The summed E-state index contributed by atoms with van der Waals surface area (Å²) in [7, 11) is 0. The molecule has 0 aliphatic carbocycles. The van der Waals surface area contributed by atoms with Crippen LogP contribution in [0.1, 0.15) is 5.56 Å². The smallest absolute Gasteiger partial charge is 0.320 e. The third kappa shape index (κ3) is 2.67. The number of rotatable bonds is 4. The summed E-state index contributed by atoms with van der Waals surface area (Å²) in [4.78, 5) is 20.2. The van der Waals surface area contributed by atoms with Crippen LogP contribution < -0.4 is 5.73 Å². The van der Waals surface area contributed by atoms with E-state index in [9.17, 15) is 14.9 Å². The van der Waals surface area contributed by atoms with Gasteiger partial charge >= 0.3 is 11.7 Å². The van der Waals surface area contributed by atoms with Crippen molar-refractivity contribution >= 4 is 11.7 Å². The van der Waals surface area contributed by atoms with Gasteiger partial charge in [0.05, 0.1) is 4.92 Å². The number of carboxylic acids is 1. The van der Waals surface area contributed by atoms with Crippen molar-refractivity contribution in [3.8, 4) is 5.75 Å². The van der Waals surface area contributed by atoms with Gasteiger partial charge in [-0.05, 0) is 18.1 Å². The van der Waals surface area contributed by atoms with Crippen LogP contribution in [0.15, 0.2) is 18.2 Å². The van der Waals surface area contributed by atoms with Crippen LogP contribution in [-0.4, -0.2) is 27.1 Å². The fourth-order valence-electron chi connectivity index (χ4n) is 1.18. The molecule has 0 bridgehead atoms. The molecule has 0 unspecified atom stereocenters. The van der Waals surface area contributed by atoms with E-state index >= 15 is 0 Å². The molecule has 0 radical (unpaired) electrons. The average Bonchev–Trinajstić information content (AvgIpc) is 2.20. The lowest BCUT2D eigenvalue weighted by Gasteiger charge is -2.06. The molecule has 1 aromatic carbocycles. The molecule has 0 amide bonds. The number of nitrogens with two attached hydrogens (primary N) is 1. The van der Waals surface area contributed by atoms with Gasteiger partial charge in [-0.15, -0.1) is 0 Å². The van der Waals surface area contributed by atoms with Gasteiger partial charge in [0.2, 0.25) is 0 Å². The van der Waals surface area contributed by atoms with Crippen molar-refractivity contribution in [1.82, 2.24) is 0 Å². The zero-order valence-electron chi connectivity index (χ0n) is 8.16. The van der Waals surface area contributed by atoms with E-state index in [1.165, 1.54) is 6.07 Å². The summed E-state index contributed by atoms with van der Waals surface area (Å²) >= 11 is 0. The Bertz CT molecular complexity index is 432. The highest BCUT2D eigenvalue weighted by Gasteiger charge is 2.17. The number of benzene rings is 1. The minimum absolute atomic E-state index is 0.0313. The van der Waals surface area contributed by atoms with Gasteiger partial charge in [-0.25, -0.2) is 0 Å². The second-order valence-electron chi connectivity index (χ2n) is 3.23. The summed E-state index contributed by atoms with van der Waals surface area (Å²) in [5.74, 6) is -1.65. The molecular formula is C9H10N2O5. The van der Waals surface area contributed by atoms with Crippen LogP contribution in [0.2, 0.25) is 0 Å². The molecule has 0 aliphatic rings. The highest BCUT2D eigenvalue weighted by atomic mass is 16.6. The zero-order chi connectivity index (χ0) is 12.3. The van der Waals surface area contributed by atoms with Crippen LogP contribution in [0.25, 0.3) is 0 Å². The number of phenols is 1. The first-order chi connectivity index (χ1) is 7.41. The molecule has 1 atom stereocenters. The Morgan fingerprint density at radius 1 is 1.56 bits per heavy atom. The van der Waals surface area contributed by atoms with Crippen molar-refractivity contribution in [1.29, 1.82) is 0 Å². The maximum atomic E-state index is 10.5. The molecule has 1 rings (SSSR count). The van der Waals surface area contributed by atoms with Gasteiger partial charge in [0.1, 0.15) is 6.04 Å². The van der Waals surface area contributed by atoms with Crippen molar-refractivity contribution in [3.05, 3.63) is 33.9 Å². The van der Waals surface area contributed by atoms with Gasteiger partial charge in [-0.3, -0.25) is 14.9 Å². The Morgan fingerprint density at radius 2 is 2.19 bits per heavy atom. The number of carbonyl (C=O) groups is 1. The Balaban J connectivity index is 2.95. The first-order valence-corrected chi connectivity index (χ1v) is 4.36. The number of aliphatic carboxylic acids is 1. The molecule has 16 heavy (non-hydrogen) atoms. The lowest BCUT2D eigenvalue weighted by atomic mass is 10.3. The monoisotopic (exact) mass is 232 g/mol. The minimum Gasteiger partial charge on any atom is -0.502 e. The summed E-state index contributed by atoms with van der Waals surface area (Å²) in [6.07, 6.45) is -0.0313. The van der Waals surface area contributed by atoms with Crippen LogP contribution in [0, 0.1) is 10.1 Å². The maximum Gasteiger partial charge on any atom is 0.320 e. The van der Waals surface area contributed by atoms with Crippen molar-refractivity contribution < 1.29 is 19.9 Å². The predicted molar refractivity (Wildman–Crippen MR) is 54.1 cm³/mol. The first-order valence-electron chi connectivity index (χ1n) is 4.36. The third-order valence-corrected chi connectivity index (χ3v) is 2.01. The fraction of sp³-hybridized carbons (Fsp3) is 0.222. The number of carboxylic acid groups (broad SMARTS) is 1. The number of phenolic OH excluding ortho intramolecular Hbond substituents is 1. The number of nitrogens with zero attached hydrogens (tertiary/aromatic N) is 1. The first kappa shape index (κ1) is 11.9. The molecule has 1 aromatic rings. The Labute approximate surface area is 90.3 Å². The second kappa shape index (κ2) is 4.58. The van der Waals surface area contributed by atoms with Crippen LogP contribution in [0.4, 0.5) is 5.69 Å². The van der Waals surface area contributed by atoms with E-state index in [1.54, 1.807) is 0 Å². The van der Waals surface area contributed by atoms with Crippen molar-refractivity contribution in [2.24, 2.45) is 5.73 Å². The predicted octanol–water partition coefficient (Wildman–Crippen LogP) is 0.255. The Kier molecular flexibility index (Phi) is 3.41. The van der Waals surface area contributed by atoms with E-state index in [0.29, 0.717) is 5.56 Å². The van der Waals surface area contributed by atoms with Gasteiger partial charge in [-0.1, -0.05) is 6.07 Å². The quantitative estimate of drug-likeness (QED) is 0.504. The lowest BCUT2D eigenvalue weighted by molar-refractivity contribution is -0.385. The Morgan fingerprint density at radius 3 is 2.69 bits per heavy atom. The third-order valence-electron chi connectivity index (χ3n) is 2.01. The molecule has 0 spiro atoms. The molecule has 86 valence electrons. The molecule has 0 fully saturated rings. The van der Waals surface area contributed by atoms with Gasteiger partial charge in [0, 0.05) is 6.07 Å². The van der Waals surface area contributed by atoms with Crippen molar-refractivity contribution in [2.75, 3.05) is 0 Å². The molecule has 7 heteroatoms. The fourth-order valence-corrected chi connectivity index (χ4v) is 1.18. The van der Waals surface area contributed by atoms with E-state index < -0.39 is 28.4 Å². The Hall–Kier alpha value is -2.15. The van der Waals surface area contributed by atoms with Crippen LogP contribution in [0.5, 0.6) is 5.75 Å². The largest absolute Gasteiger partial charge is 0.502 e. The van der Waals surface area contributed by atoms with E-state index in [0.717, 1.165) is 12.1 Å². The molecular weight excluding hydrogens is 222 g/mol. The van der Waals surface area contributed by atoms with Gasteiger partial charge in [-0.2, -0.15) is 0 Å². The van der Waals surface area contributed by atoms with Crippen LogP contribution in [0.3, 0.4) is 0 Å². The van der Waals surface area contributed by atoms with Gasteiger partial charge in [0.15, 0.2) is 5.75 Å². The van der Waals surface area contributed by atoms with E-state index in [1.807, 2.05) is 0 Å². The normalized spacial score (nSPS) is 12.1. The van der Waals surface area contributed by atoms with Crippen molar-refractivity contribution in [3.63, 3.8) is 0 Å². The summed E-state index contributed by atoms with van der Waals surface area (Å²) in [5.41, 5.74) is 5.21. The molecule has 0 aliphatic heterocycles. The van der Waals surface area contributed by atoms with Gasteiger partial charge in [0.25, 0.3) is 0 Å². The molecule has 0 aromatic heterocycles. The number of hydrogen-bond donors (Lipinski definition) is 3. The van der Waals surface area contributed by atoms with Crippen molar-refractivity contribution in [2.45, 2.75) is 12.5 Å². The summed E-state index contributed by atoms with van der Waals surface area (Å²) in [5, 5.41) is 28.2. The lowest BCUT2D eigenvalue weighted by Crippen LogP contribution is -2.32. The highest BCUT2D eigenvalue weighted by Crippen LogP contribution is 2.26. The summed E-state index contributed by atoms with van der Waals surface area (Å²) < 4.78 is 0. The second-order valence-corrected chi connectivity index (χ2v) is 3.23. The number of nitro groups is 1. The number of nitro benzene ring substituents is 1. The SMILES string of the molecule is N[C@@H](C[13c]1[13cH][13cH][13c](O)[13c]([N+](=O)[O-])[13cH]1)C(=O)O. The molecule has 4 N–H and O–H groups in total.